The van der Waals surface area contributed by atoms with Gasteiger partial charge in [-0.25, -0.2) is 0 Å². The highest BCUT2D eigenvalue weighted by molar-refractivity contribution is 6.59. The van der Waals surface area contributed by atoms with Crippen LogP contribution in [0.1, 0.15) is 13.3 Å². The zero-order chi connectivity index (χ0) is 10.3. The van der Waals surface area contributed by atoms with Gasteiger partial charge in [-0.15, -0.1) is 0 Å². The molecule has 0 saturated carbocycles. The van der Waals surface area contributed by atoms with Crippen molar-refractivity contribution in [3.05, 3.63) is 0 Å². The van der Waals surface area contributed by atoms with Crippen molar-refractivity contribution in [2.75, 3.05) is 27.1 Å². The minimum atomic E-state index is -3.11. The fraction of sp³-hybridized carbons (Fsp3) is 1.00. The molecule has 0 fully saturated rings. The summed E-state index contributed by atoms with van der Waals surface area (Å²) < 4.78 is 14.6. The van der Waals surface area contributed by atoms with E-state index in [1.165, 1.54) is 14.2 Å². The molecule has 0 bridgehead atoms. The maximum absolute atomic E-state index is 9.50. The van der Waals surface area contributed by atoms with E-state index >= 15 is 0 Å². The van der Waals surface area contributed by atoms with Crippen LogP contribution >= 0.6 is 0 Å². The molecule has 0 amide bonds. The van der Waals surface area contributed by atoms with Crippen LogP contribution in [0.15, 0.2) is 0 Å². The lowest BCUT2D eigenvalue weighted by Gasteiger charge is -2.20. The molecule has 1 atom stereocenters. The van der Waals surface area contributed by atoms with Crippen LogP contribution in [-0.4, -0.2) is 51.9 Å². The molecule has 2 N–H and O–H groups in total. The number of aliphatic hydroxyl groups excluding tert-OH is 1. The number of ether oxygens (including phenoxy) is 1. The lowest BCUT2D eigenvalue weighted by atomic mass is 10.3. The van der Waals surface area contributed by atoms with E-state index in [0.29, 0.717) is 6.42 Å². The Hall–Kier alpha value is 0.0169. The fourth-order valence-corrected chi connectivity index (χ4v) is 1.42. The molecule has 0 rings (SSSR count). The van der Waals surface area contributed by atoms with E-state index in [2.05, 4.69) is 0 Å². The summed E-state index contributed by atoms with van der Waals surface area (Å²) in [6, 6.07) is 0. The lowest BCUT2D eigenvalue weighted by Crippen LogP contribution is -2.46. The van der Waals surface area contributed by atoms with Gasteiger partial charge in [0.1, 0.15) is 6.23 Å². The molecule has 0 aromatic heterocycles. The fourth-order valence-electron chi connectivity index (χ4n) is 0.643. The SMILES string of the molecule is CCC(O)COC[Si](O)(OC)OC. The minimum absolute atomic E-state index is 0.0110. The molecule has 0 saturated heterocycles. The number of hydrogen-bond acceptors (Lipinski definition) is 5. The van der Waals surface area contributed by atoms with Gasteiger partial charge in [0.05, 0.1) is 12.7 Å². The van der Waals surface area contributed by atoms with Gasteiger partial charge in [-0.2, -0.15) is 0 Å². The zero-order valence-electron chi connectivity index (χ0n) is 8.32. The summed E-state index contributed by atoms with van der Waals surface area (Å²) >= 11 is 0. The van der Waals surface area contributed by atoms with Crippen molar-refractivity contribution >= 4 is 8.80 Å². The molecular formula is C7H18O5Si. The van der Waals surface area contributed by atoms with Crippen LogP contribution in [0.25, 0.3) is 0 Å². The Balaban J connectivity index is 3.61. The first kappa shape index (κ1) is 13.0. The van der Waals surface area contributed by atoms with Crippen molar-refractivity contribution in [3.63, 3.8) is 0 Å². The summed E-state index contributed by atoms with van der Waals surface area (Å²) in [5, 5.41) is 9.13. The summed E-state index contributed by atoms with van der Waals surface area (Å²) in [4.78, 5) is 9.50. The van der Waals surface area contributed by atoms with E-state index in [1.54, 1.807) is 0 Å². The molecule has 0 heterocycles. The summed E-state index contributed by atoms with van der Waals surface area (Å²) in [5.74, 6) is 0. The molecule has 0 spiro atoms. The Bertz CT molecular complexity index is 128. The summed E-state index contributed by atoms with van der Waals surface area (Å²) in [6.45, 7) is 2.04. The first-order valence-electron chi connectivity index (χ1n) is 4.16. The quantitative estimate of drug-likeness (QED) is 0.556. The van der Waals surface area contributed by atoms with E-state index in [9.17, 15) is 4.80 Å². The maximum Gasteiger partial charge on any atom is 0.524 e. The summed E-state index contributed by atoms with van der Waals surface area (Å²) in [5.41, 5.74) is 0. The van der Waals surface area contributed by atoms with E-state index in [4.69, 9.17) is 18.7 Å². The van der Waals surface area contributed by atoms with E-state index in [0.717, 1.165) is 0 Å². The zero-order valence-corrected chi connectivity index (χ0v) is 9.32. The van der Waals surface area contributed by atoms with Gasteiger partial charge in [-0.1, -0.05) is 6.92 Å². The van der Waals surface area contributed by atoms with Crippen molar-refractivity contribution in [1.29, 1.82) is 0 Å². The predicted octanol–water partition coefficient (Wildman–Crippen LogP) is -0.463. The standard InChI is InChI=1S/C7H18O5Si/c1-4-7(8)5-12-6-13(9,10-2)11-3/h7-9H,4-6H2,1-3H3. The molecule has 1 unspecified atom stereocenters. The lowest BCUT2D eigenvalue weighted by molar-refractivity contribution is 0.0246. The van der Waals surface area contributed by atoms with Crippen molar-refractivity contribution < 1.29 is 23.5 Å². The number of rotatable bonds is 7. The molecule has 0 aliphatic heterocycles. The highest BCUT2D eigenvalue weighted by Crippen LogP contribution is 2.01. The highest BCUT2D eigenvalue weighted by Gasteiger charge is 2.35. The molecule has 80 valence electrons. The predicted molar refractivity (Wildman–Crippen MR) is 49.1 cm³/mol. The molecule has 13 heavy (non-hydrogen) atoms. The Labute approximate surface area is 79.6 Å². The Morgan fingerprint density at radius 2 is 1.85 bits per heavy atom. The molecule has 0 aromatic rings. The van der Waals surface area contributed by atoms with Crippen molar-refractivity contribution in [2.24, 2.45) is 0 Å². The van der Waals surface area contributed by atoms with Crippen molar-refractivity contribution in [2.45, 2.75) is 19.4 Å². The largest absolute Gasteiger partial charge is 0.524 e. The maximum atomic E-state index is 9.50. The first-order chi connectivity index (χ1) is 6.08. The second kappa shape index (κ2) is 6.47. The van der Waals surface area contributed by atoms with Gasteiger partial charge < -0.3 is 23.5 Å². The van der Waals surface area contributed by atoms with E-state index in [1.807, 2.05) is 6.92 Å². The molecular weight excluding hydrogens is 192 g/mol. The summed E-state index contributed by atoms with van der Waals surface area (Å²) in [6.07, 6.45) is 0.142. The van der Waals surface area contributed by atoms with Crippen molar-refractivity contribution in [3.8, 4) is 0 Å². The monoisotopic (exact) mass is 210 g/mol. The van der Waals surface area contributed by atoms with Crippen LogP contribution in [0.2, 0.25) is 0 Å². The second-order valence-electron chi connectivity index (χ2n) is 2.70. The van der Waals surface area contributed by atoms with Crippen LogP contribution in [0, 0.1) is 0 Å². The van der Waals surface area contributed by atoms with Crippen LogP contribution in [0.4, 0.5) is 0 Å². The van der Waals surface area contributed by atoms with Crippen LogP contribution < -0.4 is 0 Å². The van der Waals surface area contributed by atoms with Crippen LogP contribution in [-0.2, 0) is 13.6 Å². The Morgan fingerprint density at radius 3 is 2.23 bits per heavy atom. The highest BCUT2D eigenvalue weighted by atomic mass is 28.4. The smallest absolute Gasteiger partial charge is 0.391 e. The van der Waals surface area contributed by atoms with Crippen LogP contribution in [0.3, 0.4) is 0 Å². The molecule has 5 nitrogen and oxygen atoms in total. The molecule has 0 aromatic carbocycles. The second-order valence-corrected chi connectivity index (χ2v) is 5.23. The average Bonchev–Trinajstić information content (AvgIpc) is 2.17. The third-order valence-corrected chi connectivity index (χ3v) is 3.55. The van der Waals surface area contributed by atoms with Gasteiger partial charge in [0.25, 0.3) is 0 Å². The molecule has 0 aliphatic carbocycles. The van der Waals surface area contributed by atoms with Crippen molar-refractivity contribution in [1.82, 2.24) is 0 Å². The summed E-state index contributed by atoms with van der Waals surface area (Å²) in [7, 11) is -0.370. The molecule has 0 aliphatic rings. The third kappa shape index (κ3) is 5.35. The molecule has 6 heteroatoms. The van der Waals surface area contributed by atoms with Gasteiger partial charge in [-0.05, 0) is 6.42 Å². The van der Waals surface area contributed by atoms with Gasteiger partial charge in [0, 0.05) is 14.2 Å². The van der Waals surface area contributed by atoms with Gasteiger partial charge in [0.2, 0.25) is 0 Å². The topological polar surface area (TPSA) is 68.2 Å². The molecule has 0 radical (unpaired) electrons. The third-order valence-electron chi connectivity index (χ3n) is 1.70. The Morgan fingerprint density at radius 1 is 1.31 bits per heavy atom. The van der Waals surface area contributed by atoms with Gasteiger partial charge in [0.15, 0.2) is 0 Å². The number of hydrogen-bond donors (Lipinski definition) is 2. The van der Waals surface area contributed by atoms with E-state index in [-0.39, 0.29) is 12.8 Å². The van der Waals surface area contributed by atoms with Gasteiger partial charge in [-0.3, -0.25) is 0 Å². The van der Waals surface area contributed by atoms with Gasteiger partial charge >= 0.3 is 8.80 Å². The number of aliphatic hydroxyl groups is 1. The van der Waals surface area contributed by atoms with E-state index < -0.39 is 14.9 Å². The first-order valence-corrected chi connectivity index (χ1v) is 6.13. The van der Waals surface area contributed by atoms with Crippen LogP contribution in [0.5, 0.6) is 0 Å². The normalized spacial score (nSPS) is 14.5. The Kier molecular flexibility index (Phi) is 6.48. The minimum Gasteiger partial charge on any atom is -0.391 e. The average molecular weight is 210 g/mol.